The van der Waals surface area contributed by atoms with E-state index in [0.717, 1.165) is 16.3 Å². The number of aromatic nitrogens is 1. The fourth-order valence-corrected chi connectivity index (χ4v) is 5.84. The number of hydrogen-bond donors (Lipinski definition) is 1. The van der Waals surface area contributed by atoms with Crippen molar-refractivity contribution in [3.05, 3.63) is 35.3 Å². The van der Waals surface area contributed by atoms with Crippen LogP contribution in [0.15, 0.2) is 29.6 Å². The number of carbonyl (C=O) groups excluding carboxylic acids is 1. The summed E-state index contributed by atoms with van der Waals surface area (Å²) in [7, 11) is -1.44. The van der Waals surface area contributed by atoms with E-state index in [1.165, 1.54) is 11.3 Å². The van der Waals surface area contributed by atoms with Crippen LogP contribution in [-0.2, 0) is 21.1 Å². The maximum Gasteiger partial charge on any atom is 0.226 e. The Hall–Kier alpha value is -1.93. The molecule has 0 aliphatic carbocycles. The van der Waals surface area contributed by atoms with E-state index in [1.807, 2.05) is 29.6 Å². The minimum absolute atomic E-state index is 0.00212. The third kappa shape index (κ3) is 4.38. The third-order valence-corrected chi connectivity index (χ3v) is 7.00. The van der Waals surface area contributed by atoms with Gasteiger partial charge in [-0.2, -0.15) is 0 Å². The summed E-state index contributed by atoms with van der Waals surface area (Å²) in [5.41, 5.74) is 0.927. The predicted octanol–water partition coefficient (Wildman–Crippen LogP) is 2.05. The summed E-state index contributed by atoms with van der Waals surface area (Å²) in [6.07, 6.45) is 0.587. The molecule has 1 aliphatic rings. The number of benzene rings is 1. The fraction of sp³-hybridized carbons (Fsp3) is 0.412. The van der Waals surface area contributed by atoms with Crippen LogP contribution < -0.4 is 10.1 Å². The molecule has 8 heteroatoms. The second-order valence-corrected chi connectivity index (χ2v) is 9.55. The maximum absolute atomic E-state index is 12.3. The number of hydrogen-bond acceptors (Lipinski definition) is 6. The molecule has 2 heterocycles. The van der Waals surface area contributed by atoms with E-state index < -0.39 is 15.4 Å². The van der Waals surface area contributed by atoms with Gasteiger partial charge in [-0.15, -0.1) is 11.3 Å². The highest BCUT2D eigenvalue weighted by Crippen LogP contribution is 2.27. The second kappa shape index (κ2) is 6.76. The first-order valence-corrected chi connectivity index (χ1v) is 10.6. The van der Waals surface area contributed by atoms with Gasteiger partial charge < -0.3 is 10.1 Å². The molecule has 0 bridgehead atoms. The third-order valence-electron chi connectivity index (χ3n) is 4.15. The summed E-state index contributed by atoms with van der Waals surface area (Å²) in [6, 6.07) is 7.59. The first-order chi connectivity index (χ1) is 11.8. The van der Waals surface area contributed by atoms with Crippen LogP contribution in [0.4, 0.5) is 0 Å². The van der Waals surface area contributed by atoms with E-state index in [9.17, 15) is 13.2 Å². The quantitative estimate of drug-likeness (QED) is 0.858. The molecule has 1 amide bonds. The molecule has 1 aromatic carbocycles. The van der Waals surface area contributed by atoms with Crippen molar-refractivity contribution in [2.75, 3.05) is 18.6 Å². The molecule has 1 saturated heterocycles. The van der Waals surface area contributed by atoms with E-state index in [2.05, 4.69) is 10.3 Å². The smallest absolute Gasteiger partial charge is 0.226 e. The number of thiazole rings is 1. The Morgan fingerprint density at radius 3 is 2.92 bits per heavy atom. The molecule has 3 rings (SSSR count). The van der Waals surface area contributed by atoms with Crippen LogP contribution in [-0.4, -0.2) is 43.5 Å². The zero-order chi connectivity index (χ0) is 18.1. The van der Waals surface area contributed by atoms with Gasteiger partial charge in [0, 0.05) is 10.9 Å². The molecule has 0 saturated carbocycles. The summed E-state index contributed by atoms with van der Waals surface area (Å²) in [5, 5.41) is 5.52. The number of sulfone groups is 1. The number of rotatable bonds is 5. The Morgan fingerprint density at radius 2 is 2.24 bits per heavy atom. The van der Waals surface area contributed by atoms with Crippen molar-refractivity contribution in [3.63, 3.8) is 0 Å². The summed E-state index contributed by atoms with van der Waals surface area (Å²) < 4.78 is 28.5. The largest absolute Gasteiger partial charge is 0.497 e. The lowest BCUT2D eigenvalue weighted by atomic mass is 10.0. The number of amides is 1. The van der Waals surface area contributed by atoms with E-state index >= 15 is 0 Å². The maximum atomic E-state index is 12.3. The lowest BCUT2D eigenvalue weighted by molar-refractivity contribution is -0.121. The van der Waals surface area contributed by atoms with Crippen molar-refractivity contribution in [2.24, 2.45) is 0 Å². The second-order valence-electron chi connectivity index (χ2n) is 6.50. The van der Waals surface area contributed by atoms with Crippen molar-refractivity contribution in [1.29, 1.82) is 0 Å². The van der Waals surface area contributed by atoms with Crippen molar-refractivity contribution in [3.8, 4) is 16.3 Å². The van der Waals surface area contributed by atoms with E-state index in [0.29, 0.717) is 12.1 Å². The summed E-state index contributed by atoms with van der Waals surface area (Å²) >= 11 is 1.46. The molecule has 1 atom stereocenters. The first kappa shape index (κ1) is 17.9. The number of nitrogens with one attached hydrogen (secondary N) is 1. The molecule has 134 valence electrons. The molecule has 1 fully saturated rings. The standard InChI is InChI=1S/C17H20N2O4S2/c1-17(6-7-25(21,22)11-17)19-15(20)9-13-10-24-16(18-13)12-4-3-5-14(8-12)23-2/h3-5,8,10H,6-7,9,11H2,1-2H3,(H,19,20)/t17-/m0/s1. The highest BCUT2D eigenvalue weighted by molar-refractivity contribution is 7.91. The van der Waals surface area contributed by atoms with Crippen LogP contribution in [0.2, 0.25) is 0 Å². The van der Waals surface area contributed by atoms with Crippen LogP contribution in [0.5, 0.6) is 5.75 Å². The SMILES string of the molecule is COc1cccc(-c2nc(CC(=O)N[C@@]3(C)CCS(=O)(=O)C3)cs2)c1. The lowest BCUT2D eigenvalue weighted by Crippen LogP contribution is -2.47. The van der Waals surface area contributed by atoms with Gasteiger partial charge in [-0.1, -0.05) is 12.1 Å². The predicted molar refractivity (Wildman–Crippen MR) is 97.6 cm³/mol. The minimum atomic E-state index is -3.05. The normalized spacial score (nSPS) is 21.8. The van der Waals surface area contributed by atoms with Gasteiger partial charge in [0.15, 0.2) is 9.84 Å². The minimum Gasteiger partial charge on any atom is -0.497 e. The van der Waals surface area contributed by atoms with Crippen molar-refractivity contribution < 1.29 is 17.9 Å². The Morgan fingerprint density at radius 1 is 1.44 bits per heavy atom. The van der Waals surface area contributed by atoms with Crippen LogP contribution in [0.25, 0.3) is 10.6 Å². The highest BCUT2D eigenvalue weighted by Gasteiger charge is 2.39. The van der Waals surface area contributed by atoms with Gasteiger partial charge in [-0.05, 0) is 25.5 Å². The number of methoxy groups -OCH3 is 1. The molecule has 25 heavy (non-hydrogen) atoms. The van der Waals surface area contributed by atoms with Gasteiger partial charge in [-0.3, -0.25) is 4.79 Å². The van der Waals surface area contributed by atoms with Gasteiger partial charge in [-0.25, -0.2) is 13.4 Å². The van der Waals surface area contributed by atoms with E-state index in [4.69, 9.17) is 4.74 Å². The fourth-order valence-electron chi connectivity index (χ4n) is 2.93. The molecular formula is C17H20N2O4S2. The zero-order valence-electron chi connectivity index (χ0n) is 14.1. The number of carbonyl (C=O) groups is 1. The summed E-state index contributed by atoms with van der Waals surface area (Å²) in [6.45, 7) is 1.78. The van der Waals surface area contributed by atoms with Crippen LogP contribution in [0.3, 0.4) is 0 Å². The molecule has 0 spiro atoms. The van der Waals surface area contributed by atoms with Gasteiger partial charge in [0.1, 0.15) is 10.8 Å². The Labute approximate surface area is 151 Å². The molecule has 0 unspecified atom stereocenters. The molecule has 1 aliphatic heterocycles. The van der Waals surface area contributed by atoms with E-state index in [-0.39, 0.29) is 23.8 Å². The molecule has 6 nitrogen and oxygen atoms in total. The van der Waals surface area contributed by atoms with E-state index in [1.54, 1.807) is 14.0 Å². The zero-order valence-corrected chi connectivity index (χ0v) is 15.7. The molecule has 1 N–H and O–H groups in total. The van der Waals surface area contributed by atoms with Crippen LogP contribution in [0, 0.1) is 0 Å². The molecular weight excluding hydrogens is 360 g/mol. The van der Waals surface area contributed by atoms with Gasteiger partial charge in [0.2, 0.25) is 5.91 Å². The Kier molecular flexibility index (Phi) is 4.83. The topological polar surface area (TPSA) is 85.4 Å². The average Bonchev–Trinajstić information content (AvgIpc) is 3.11. The Bertz CT molecular complexity index is 892. The monoisotopic (exact) mass is 380 g/mol. The Balaban J connectivity index is 1.66. The van der Waals surface area contributed by atoms with Crippen LogP contribution in [0.1, 0.15) is 19.0 Å². The van der Waals surface area contributed by atoms with Crippen molar-refractivity contribution in [2.45, 2.75) is 25.3 Å². The molecule has 2 aromatic rings. The van der Waals surface area contributed by atoms with Crippen molar-refractivity contribution in [1.82, 2.24) is 10.3 Å². The average molecular weight is 380 g/mol. The number of ether oxygens (including phenoxy) is 1. The van der Waals surface area contributed by atoms with Gasteiger partial charge >= 0.3 is 0 Å². The van der Waals surface area contributed by atoms with Gasteiger partial charge in [0.25, 0.3) is 0 Å². The molecule has 1 aromatic heterocycles. The molecule has 0 radical (unpaired) electrons. The van der Waals surface area contributed by atoms with Gasteiger partial charge in [0.05, 0.1) is 36.3 Å². The first-order valence-electron chi connectivity index (χ1n) is 7.89. The number of nitrogens with zero attached hydrogens (tertiary/aromatic N) is 1. The van der Waals surface area contributed by atoms with Crippen molar-refractivity contribution >= 4 is 27.1 Å². The lowest BCUT2D eigenvalue weighted by Gasteiger charge is -2.23. The summed E-state index contributed by atoms with van der Waals surface area (Å²) in [4.78, 5) is 16.8. The van der Waals surface area contributed by atoms with Crippen LogP contribution >= 0.6 is 11.3 Å². The highest BCUT2D eigenvalue weighted by atomic mass is 32.2. The summed E-state index contributed by atoms with van der Waals surface area (Å²) in [5.74, 6) is 0.669.